The van der Waals surface area contributed by atoms with Crippen molar-refractivity contribution in [3.63, 3.8) is 0 Å². The average Bonchev–Trinajstić information content (AvgIpc) is 3.19. The Morgan fingerprint density at radius 1 is 1.52 bits per heavy atom. The van der Waals surface area contributed by atoms with Crippen molar-refractivity contribution in [1.82, 2.24) is 15.0 Å². The molecular weight excluding hydrogens is 295 g/mol. The minimum absolute atomic E-state index is 0.0168. The first-order valence-electron chi connectivity index (χ1n) is 8.00. The van der Waals surface area contributed by atoms with Crippen molar-refractivity contribution in [2.45, 2.75) is 38.9 Å². The Labute approximate surface area is 134 Å². The van der Waals surface area contributed by atoms with E-state index in [2.05, 4.69) is 27.2 Å². The largest absolute Gasteiger partial charge is 0.367 e. The molecule has 1 aliphatic rings. The summed E-state index contributed by atoms with van der Waals surface area (Å²) in [7, 11) is 0. The molecule has 0 aromatic carbocycles. The summed E-state index contributed by atoms with van der Waals surface area (Å²) in [5, 5.41) is 3.14. The molecule has 2 aromatic heterocycles. The normalized spacial score (nSPS) is 27.1. The van der Waals surface area contributed by atoms with Crippen LogP contribution in [-0.2, 0) is 0 Å². The highest BCUT2D eigenvalue weighted by Crippen LogP contribution is 2.37. The third-order valence-electron chi connectivity index (χ3n) is 4.85. The van der Waals surface area contributed by atoms with Crippen molar-refractivity contribution < 1.29 is 9.18 Å². The van der Waals surface area contributed by atoms with E-state index < -0.39 is 6.17 Å². The summed E-state index contributed by atoms with van der Waals surface area (Å²) in [6.07, 6.45) is 6.94. The fourth-order valence-corrected chi connectivity index (χ4v) is 3.38. The van der Waals surface area contributed by atoms with Crippen LogP contribution in [0.15, 0.2) is 31.0 Å². The lowest BCUT2D eigenvalue weighted by atomic mass is 9.95. The summed E-state index contributed by atoms with van der Waals surface area (Å²) < 4.78 is 14.5. The van der Waals surface area contributed by atoms with Gasteiger partial charge in [0.15, 0.2) is 5.78 Å². The number of carbonyl (C=O) groups is 1. The molecule has 3 rings (SSSR count). The maximum Gasteiger partial charge on any atom is 0.199 e. The van der Waals surface area contributed by atoms with Crippen LogP contribution in [0.4, 0.5) is 10.2 Å². The molecule has 0 amide bonds. The number of aromatic amines is 1. The van der Waals surface area contributed by atoms with Gasteiger partial charge in [0.2, 0.25) is 0 Å². The van der Waals surface area contributed by atoms with Gasteiger partial charge in [-0.15, -0.1) is 0 Å². The molecule has 4 atom stereocenters. The van der Waals surface area contributed by atoms with Gasteiger partial charge in [0.25, 0.3) is 0 Å². The van der Waals surface area contributed by atoms with Crippen molar-refractivity contribution in [2.24, 2.45) is 11.8 Å². The lowest BCUT2D eigenvalue weighted by Gasteiger charge is -2.18. The lowest BCUT2D eigenvalue weighted by molar-refractivity contribution is 0.103. The Balaban J connectivity index is 1.83. The molecule has 1 aliphatic carbocycles. The van der Waals surface area contributed by atoms with Gasteiger partial charge in [0, 0.05) is 24.2 Å². The number of aromatic nitrogens is 3. The van der Waals surface area contributed by atoms with Gasteiger partial charge >= 0.3 is 0 Å². The van der Waals surface area contributed by atoms with E-state index in [1.807, 2.05) is 6.92 Å². The minimum Gasteiger partial charge on any atom is -0.367 e. The molecule has 0 bridgehead atoms. The second-order valence-electron chi connectivity index (χ2n) is 6.17. The smallest absolute Gasteiger partial charge is 0.199 e. The number of alkyl halides is 1. The summed E-state index contributed by atoms with van der Waals surface area (Å²) in [5.41, 5.74) is 0.901. The molecule has 0 saturated heterocycles. The van der Waals surface area contributed by atoms with E-state index in [0.717, 1.165) is 12.8 Å². The Morgan fingerprint density at radius 2 is 2.35 bits per heavy atom. The first-order chi connectivity index (χ1) is 11.1. The monoisotopic (exact) mass is 316 g/mol. The van der Waals surface area contributed by atoms with E-state index in [-0.39, 0.29) is 17.7 Å². The fourth-order valence-electron chi connectivity index (χ4n) is 3.38. The van der Waals surface area contributed by atoms with Crippen LogP contribution in [0.5, 0.6) is 0 Å². The molecule has 5 nitrogen and oxygen atoms in total. The summed E-state index contributed by atoms with van der Waals surface area (Å²) >= 11 is 0. The Bertz CT molecular complexity index is 673. The first-order valence-corrected chi connectivity index (χ1v) is 8.00. The fraction of sp³-hybridized carbons (Fsp3) is 0.471. The zero-order valence-corrected chi connectivity index (χ0v) is 13.3. The van der Waals surface area contributed by atoms with Gasteiger partial charge in [-0.1, -0.05) is 20.3 Å². The summed E-state index contributed by atoms with van der Waals surface area (Å²) in [5.74, 6) is 0.599. The number of carbonyl (C=O) groups excluding carboxylic acids is 1. The lowest BCUT2D eigenvalue weighted by Crippen LogP contribution is -2.29. The summed E-state index contributed by atoms with van der Waals surface area (Å²) in [6.45, 7) is 4.04. The zero-order chi connectivity index (χ0) is 16.4. The standard InChI is InChI=1S/C17H21FN4O/c1-3-11-6-14(15(18)10(11)2)22-17-13(8-20-9-21-17)16(23)12-4-5-19-7-12/h4-5,7-11,14-15,19H,3,6H2,1-2H3,(H,20,21,22)/t10-,11+,14-,15+/m1/s1. The molecule has 1 saturated carbocycles. The number of rotatable bonds is 5. The quantitative estimate of drug-likeness (QED) is 0.831. The van der Waals surface area contributed by atoms with Gasteiger partial charge < -0.3 is 10.3 Å². The van der Waals surface area contributed by atoms with Gasteiger partial charge in [-0.3, -0.25) is 4.79 Å². The van der Waals surface area contributed by atoms with E-state index in [0.29, 0.717) is 22.9 Å². The maximum atomic E-state index is 14.5. The molecule has 2 N–H and O–H groups in total. The molecule has 0 spiro atoms. The average molecular weight is 316 g/mol. The SMILES string of the molecule is CC[C@H]1C[C@@H](Nc2ncncc2C(=O)c2cc[nH]c2)[C@@H](F)[C@@H]1C. The number of hydrogen-bond donors (Lipinski definition) is 2. The highest BCUT2D eigenvalue weighted by atomic mass is 19.1. The van der Waals surface area contributed by atoms with Crippen molar-refractivity contribution in [3.05, 3.63) is 42.1 Å². The number of hydrogen-bond acceptors (Lipinski definition) is 4. The van der Waals surface area contributed by atoms with Gasteiger partial charge in [-0.25, -0.2) is 14.4 Å². The molecular formula is C17H21FN4O. The maximum absolute atomic E-state index is 14.5. The van der Waals surface area contributed by atoms with Gasteiger partial charge in [0.05, 0.1) is 11.6 Å². The van der Waals surface area contributed by atoms with E-state index in [1.165, 1.54) is 12.5 Å². The zero-order valence-electron chi connectivity index (χ0n) is 13.3. The number of ketones is 1. The number of nitrogens with zero attached hydrogens (tertiary/aromatic N) is 2. The second kappa shape index (κ2) is 6.48. The van der Waals surface area contributed by atoms with Crippen LogP contribution in [-0.4, -0.2) is 32.9 Å². The van der Waals surface area contributed by atoms with Gasteiger partial charge in [0.1, 0.15) is 18.3 Å². The molecule has 0 radical (unpaired) electrons. The molecule has 1 fully saturated rings. The number of H-pyrrole nitrogens is 1. The van der Waals surface area contributed by atoms with E-state index in [9.17, 15) is 9.18 Å². The van der Waals surface area contributed by atoms with Gasteiger partial charge in [-0.05, 0) is 24.3 Å². The van der Waals surface area contributed by atoms with Crippen LogP contribution in [0, 0.1) is 11.8 Å². The molecule has 122 valence electrons. The van der Waals surface area contributed by atoms with E-state index >= 15 is 0 Å². The number of halogens is 1. The molecule has 23 heavy (non-hydrogen) atoms. The van der Waals surface area contributed by atoms with Crippen LogP contribution in [0.1, 0.15) is 42.6 Å². The molecule has 2 heterocycles. The third-order valence-corrected chi connectivity index (χ3v) is 4.85. The predicted molar refractivity (Wildman–Crippen MR) is 86.1 cm³/mol. The summed E-state index contributed by atoms with van der Waals surface area (Å²) in [6, 6.07) is 1.38. The van der Waals surface area contributed by atoms with Crippen LogP contribution in [0.2, 0.25) is 0 Å². The third kappa shape index (κ3) is 2.98. The highest BCUT2D eigenvalue weighted by molar-refractivity contribution is 6.11. The summed E-state index contributed by atoms with van der Waals surface area (Å²) in [4.78, 5) is 23.5. The number of anilines is 1. The molecule has 6 heteroatoms. The topological polar surface area (TPSA) is 70.7 Å². The van der Waals surface area contributed by atoms with Crippen molar-refractivity contribution in [2.75, 3.05) is 5.32 Å². The van der Waals surface area contributed by atoms with E-state index in [4.69, 9.17) is 0 Å². The Kier molecular flexibility index (Phi) is 4.41. The van der Waals surface area contributed by atoms with Gasteiger partial charge in [-0.2, -0.15) is 0 Å². The Morgan fingerprint density at radius 3 is 3.00 bits per heavy atom. The van der Waals surface area contributed by atoms with Crippen LogP contribution >= 0.6 is 0 Å². The van der Waals surface area contributed by atoms with Crippen LogP contribution in [0.3, 0.4) is 0 Å². The first kappa shape index (κ1) is 15.6. The predicted octanol–water partition coefficient (Wildman–Crippen LogP) is 3.22. The minimum atomic E-state index is -0.940. The van der Waals surface area contributed by atoms with Crippen LogP contribution < -0.4 is 5.32 Å². The molecule has 2 aromatic rings. The van der Waals surface area contributed by atoms with Crippen molar-refractivity contribution in [1.29, 1.82) is 0 Å². The molecule has 0 unspecified atom stereocenters. The van der Waals surface area contributed by atoms with Crippen molar-refractivity contribution in [3.8, 4) is 0 Å². The van der Waals surface area contributed by atoms with Crippen molar-refractivity contribution >= 4 is 11.6 Å². The number of nitrogens with one attached hydrogen (secondary N) is 2. The van der Waals surface area contributed by atoms with E-state index in [1.54, 1.807) is 18.5 Å². The molecule has 0 aliphatic heterocycles. The second-order valence-corrected chi connectivity index (χ2v) is 6.17. The Hall–Kier alpha value is -2.24. The highest BCUT2D eigenvalue weighted by Gasteiger charge is 2.40. The van der Waals surface area contributed by atoms with Crippen LogP contribution in [0.25, 0.3) is 0 Å².